The minimum atomic E-state index is -3.26. The lowest BCUT2D eigenvalue weighted by Gasteiger charge is -2.19. The van der Waals surface area contributed by atoms with Crippen LogP contribution in [0.25, 0.3) is 0 Å². The van der Waals surface area contributed by atoms with Gasteiger partial charge in [-0.15, -0.1) is 0 Å². The summed E-state index contributed by atoms with van der Waals surface area (Å²) in [6.45, 7) is 7.12. The molecule has 0 saturated heterocycles. The molecule has 0 radical (unpaired) electrons. The highest BCUT2D eigenvalue weighted by atomic mass is 32.2. The molecule has 4 N–H and O–H groups in total. The molecule has 0 spiro atoms. The van der Waals surface area contributed by atoms with E-state index in [0.29, 0.717) is 31.3 Å². The molecule has 7 heteroatoms. The second-order valence-corrected chi connectivity index (χ2v) is 7.21. The first-order valence-electron chi connectivity index (χ1n) is 7.26. The van der Waals surface area contributed by atoms with Crippen molar-refractivity contribution in [3.05, 3.63) is 0 Å². The Morgan fingerprint density at radius 2 is 1.90 bits per heavy atom. The molecule has 6 nitrogen and oxygen atoms in total. The Morgan fingerprint density at radius 3 is 2.40 bits per heavy atom. The Kier molecular flexibility index (Phi) is 9.79. The van der Waals surface area contributed by atoms with Crippen LogP contribution in [-0.2, 0) is 14.8 Å². The van der Waals surface area contributed by atoms with Crippen molar-refractivity contribution < 1.29 is 13.2 Å². The summed E-state index contributed by atoms with van der Waals surface area (Å²) in [5.74, 6) is 0.763. The Hall–Kier alpha value is -0.660. The molecule has 1 unspecified atom stereocenters. The predicted octanol–water partition coefficient (Wildman–Crippen LogP) is 0.443. The third kappa shape index (κ3) is 9.28. The van der Waals surface area contributed by atoms with Gasteiger partial charge < -0.3 is 11.1 Å². The van der Waals surface area contributed by atoms with Crippen molar-refractivity contribution >= 4 is 15.9 Å². The highest BCUT2D eigenvalue weighted by Gasteiger charge is 2.15. The van der Waals surface area contributed by atoms with Gasteiger partial charge in [-0.3, -0.25) is 4.79 Å². The lowest BCUT2D eigenvalue weighted by molar-refractivity contribution is -0.121. The fraction of sp³-hybridized carbons (Fsp3) is 0.923. The zero-order chi connectivity index (χ0) is 15.6. The van der Waals surface area contributed by atoms with Crippen molar-refractivity contribution in [1.82, 2.24) is 10.0 Å². The molecule has 0 aliphatic rings. The lowest BCUT2D eigenvalue weighted by Crippen LogP contribution is -2.34. The molecular weight excluding hydrogens is 278 g/mol. The number of carbonyl (C=O) groups excluding carboxylic acids is 1. The lowest BCUT2D eigenvalue weighted by atomic mass is 9.88. The summed E-state index contributed by atoms with van der Waals surface area (Å²) in [5, 5.41) is 2.64. The quantitative estimate of drug-likeness (QED) is 0.515. The molecular formula is C13H29N3O3S. The Labute approximate surface area is 122 Å². The van der Waals surface area contributed by atoms with Crippen molar-refractivity contribution in [2.45, 2.75) is 40.0 Å². The van der Waals surface area contributed by atoms with Crippen molar-refractivity contribution in [3.8, 4) is 0 Å². The van der Waals surface area contributed by atoms with Gasteiger partial charge in [0, 0.05) is 19.5 Å². The predicted molar refractivity (Wildman–Crippen MR) is 81.7 cm³/mol. The van der Waals surface area contributed by atoms with Gasteiger partial charge in [-0.2, -0.15) is 0 Å². The molecule has 1 atom stereocenters. The summed E-state index contributed by atoms with van der Waals surface area (Å²) >= 11 is 0. The molecule has 120 valence electrons. The molecule has 0 heterocycles. The minimum Gasteiger partial charge on any atom is -0.355 e. The Morgan fingerprint density at radius 1 is 1.25 bits per heavy atom. The van der Waals surface area contributed by atoms with Gasteiger partial charge in [0.05, 0.1) is 5.75 Å². The summed E-state index contributed by atoms with van der Waals surface area (Å²) in [6.07, 6.45) is 2.13. The van der Waals surface area contributed by atoms with Gasteiger partial charge in [-0.25, -0.2) is 13.1 Å². The molecule has 0 fully saturated rings. The van der Waals surface area contributed by atoms with Crippen molar-refractivity contribution in [2.75, 3.05) is 25.4 Å². The SMILES string of the molecule is CCNS(=O)(=O)CCNC(=O)CCC(CCN)C(C)C. The molecule has 0 saturated carbocycles. The molecule has 1 amide bonds. The van der Waals surface area contributed by atoms with Crippen LogP contribution < -0.4 is 15.8 Å². The molecule has 0 bridgehead atoms. The first kappa shape index (κ1) is 19.3. The van der Waals surface area contributed by atoms with Crippen molar-refractivity contribution in [1.29, 1.82) is 0 Å². The highest BCUT2D eigenvalue weighted by molar-refractivity contribution is 7.89. The van der Waals surface area contributed by atoms with E-state index in [-0.39, 0.29) is 18.2 Å². The monoisotopic (exact) mass is 307 g/mol. The summed E-state index contributed by atoms with van der Waals surface area (Å²) < 4.78 is 25.1. The summed E-state index contributed by atoms with van der Waals surface area (Å²) in [5.41, 5.74) is 5.56. The molecule has 0 aromatic rings. The van der Waals surface area contributed by atoms with Crippen LogP contribution in [0.5, 0.6) is 0 Å². The number of nitrogens with one attached hydrogen (secondary N) is 2. The summed E-state index contributed by atoms with van der Waals surface area (Å²) in [4.78, 5) is 11.7. The topological polar surface area (TPSA) is 101 Å². The number of amides is 1. The van der Waals surface area contributed by atoms with Crippen LogP contribution >= 0.6 is 0 Å². The maximum absolute atomic E-state index is 11.7. The van der Waals surface area contributed by atoms with E-state index < -0.39 is 10.0 Å². The highest BCUT2D eigenvalue weighted by Crippen LogP contribution is 2.20. The average Bonchev–Trinajstić information content (AvgIpc) is 2.33. The van der Waals surface area contributed by atoms with E-state index in [4.69, 9.17) is 5.73 Å². The van der Waals surface area contributed by atoms with Crippen molar-refractivity contribution in [2.24, 2.45) is 17.6 Å². The van der Waals surface area contributed by atoms with E-state index in [0.717, 1.165) is 12.8 Å². The van der Waals surface area contributed by atoms with Crippen LogP contribution in [0, 0.1) is 11.8 Å². The molecule has 20 heavy (non-hydrogen) atoms. The maximum atomic E-state index is 11.7. The van der Waals surface area contributed by atoms with Crippen LogP contribution in [-0.4, -0.2) is 39.7 Å². The largest absolute Gasteiger partial charge is 0.355 e. The number of rotatable bonds is 11. The second kappa shape index (κ2) is 10.1. The van der Waals surface area contributed by atoms with Crippen LogP contribution in [0.2, 0.25) is 0 Å². The molecule has 0 aromatic carbocycles. The smallest absolute Gasteiger partial charge is 0.220 e. The second-order valence-electron chi connectivity index (χ2n) is 5.29. The van der Waals surface area contributed by atoms with E-state index in [1.807, 2.05) is 0 Å². The number of hydrogen-bond acceptors (Lipinski definition) is 4. The fourth-order valence-electron chi connectivity index (χ4n) is 2.05. The third-order valence-corrected chi connectivity index (χ3v) is 4.75. The first-order valence-corrected chi connectivity index (χ1v) is 8.91. The molecule has 0 aliphatic heterocycles. The van der Waals surface area contributed by atoms with Crippen LogP contribution in [0.4, 0.5) is 0 Å². The number of sulfonamides is 1. The van der Waals surface area contributed by atoms with Crippen LogP contribution in [0.1, 0.15) is 40.0 Å². The van der Waals surface area contributed by atoms with E-state index >= 15 is 0 Å². The van der Waals surface area contributed by atoms with Gasteiger partial charge in [0.25, 0.3) is 0 Å². The number of hydrogen-bond donors (Lipinski definition) is 3. The van der Waals surface area contributed by atoms with E-state index in [9.17, 15) is 13.2 Å². The summed E-state index contributed by atoms with van der Waals surface area (Å²) in [7, 11) is -3.26. The Bertz CT molecular complexity index is 369. The number of nitrogens with two attached hydrogens (primary N) is 1. The first-order chi connectivity index (χ1) is 9.32. The Balaban J connectivity index is 3.94. The molecule has 0 rings (SSSR count). The minimum absolute atomic E-state index is 0.0804. The van der Waals surface area contributed by atoms with E-state index in [1.165, 1.54) is 0 Å². The van der Waals surface area contributed by atoms with E-state index in [1.54, 1.807) is 6.92 Å². The standard InChI is InChI=1S/C13H29N3O3S/c1-4-16-20(18,19)10-9-15-13(17)6-5-12(7-8-14)11(2)3/h11-12,16H,4-10,14H2,1-3H3,(H,15,17). The normalized spacial score (nSPS) is 13.4. The summed E-state index contributed by atoms with van der Waals surface area (Å²) in [6, 6.07) is 0. The van der Waals surface area contributed by atoms with Gasteiger partial charge in [0.1, 0.15) is 0 Å². The zero-order valence-corrected chi connectivity index (χ0v) is 13.6. The van der Waals surface area contributed by atoms with Crippen LogP contribution in [0.3, 0.4) is 0 Å². The maximum Gasteiger partial charge on any atom is 0.220 e. The third-order valence-electron chi connectivity index (χ3n) is 3.28. The van der Waals surface area contributed by atoms with Gasteiger partial charge in [-0.1, -0.05) is 20.8 Å². The van der Waals surface area contributed by atoms with Gasteiger partial charge in [0.15, 0.2) is 0 Å². The van der Waals surface area contributed by atoms with E-state index in [2.05, 4.69) is 23.9 Å². The fourth-order valence-corrected chi connectivity index (χ4v) is 3.00. The zero-order valence-electron chi connectivity index (χ0n) is 12.8. The van der Waals surface area contributed by atoms with Gasteiger partial charge in [0.2, 0.25) is 15.9 Å². The molecule has 0 aromatic heterocycles. The van der Waals surface area contributed by atoms with Crippen molar-refractivity contribution in [3.63, 3.8) is 0 Å². The average molecular weight is 307 g/mol. The van der Waals surface area contributed by atoms with Gasteiger partial charge >= 0.3 is 0 Å². The molecule has 0 aliphatic carbocycles. The van der Waals surface area contributed by atoms with Crippen LogP contribution in [0.15, 0.2) is 0 Å². The van der Waals surface area contributed by atoms with Gasteiger partial charge in [-0.05, 0) is 31.2 Å². The number of carbonyl (C=O) groups is 1.